The highest BCUT2D eigenvalue weighted by Gasteiger charge is 2.25. The van der Waals surface area contributed by atoms with Crippen molar-refractivity contribution in [1.82, 2.24) is 14.9 Å². The Morgan fingerprint density at radius 3 is 2.63 bits per heavy atom. The van der Waals surface area contributed by atoms with Crippen LogP contribution in [0.15, 0.2) is 0 Å². The Kier molecular flexibility index (Phi) is 5.62. The number of sulfonamides is 1. The van der Waals surface area contributed by atoms with Gasteiger partial charge in [-0.05, 0) is 18.3 Å². The highest BCUT2D eigenvalue weighted by Crippen LogP contribution is 2.30. The van der Waals surface area contributed by atoms with E-state index in [9.17, 15) is 8.42 Å². The van der Waals surface area contributed by atoms with E-state index in [-0.39, 0.29) is 5.75 Å². The summed E-state index contributed by atoms with van der Waals surface area (Å²) in [5, 5.41) is 3.27. The van der Waals surface area contributed by atoms with Crippen molar-refractivity contribution >= 4 is 10.0 Å². The zero-order chi connectivity index (χ0) is 13.7. The molecule has 1 aliphatic carbocycles. The quantitative estimate of drug-likeness (QED) is 0.736. The van der Waals surface area contributed by atoms with E-state index in [1.807, 2.05) is 0 Å². The number of hydrogen-bond acceptors (Lipinski definition) is 4. The molecule has 2 aliphatic rings. The van der Waals surface area contributed by atoms with Gasteiger partial charge in [0.2, 0.25) is 10.0 Å². The molecule has 112 valence electrons. The average molecular weight is 289 g/mol. The fourth-order valence-electron chi connectivity index (χ4n) is 3.02. The van der Waals surface area contributed by atoms with E-state index in [0.717, 1.165) is 26.2 Å². The Bertz CT molecular complexity index is 366. The largest absolute Gasteiger partial charge is 0.314 e. The van der Waals surface area contributed by atoms with Gasteiger partial charge in [0.15, 0.2) is 0 Å². The first kappa shape index (κ1) is 15.2. The lowest BCUT2D eigenvalue weighted by molar-refractivity contribution is 0.253. The molecule has 2 rings (SSSR count). The summed E-state index contributed by atoms with van der Waals surface area (Å²) in [6.45, 7) is 7.35. The molecule has 19 heavy (non-hydrogen) atoms. The Labute approximate surface area is 117 Å². The zero-order valence-electron chi connectivity index (χ0n) is 11.9. The minimum Gasteiger partial charge on any atom is -0.314 e. The van der Waals surface area contributed by atoms with E-state index in [4.69, 9.17) is 0 Å². The normalized spacial score (nSPS) is 29.7. The first-order valence-corrected chi connectivity index (χ1v) is 9.12. The highest BCUT2D eigenvalue weighted by molar-refractivity contribution is 7.89. The van der Waals surface area contributed by atoms with Gasteiger partial charge >= 0.3 is 0 Å². The van der Waals surface area contributed by atoms with Gasteiger partial charge in [-0.2, -0.15) is 0 Å². The lowest BCUT2D eigenvalue weighted by Crippen LogP contribution is -2.46. The summed E-state index contributed by atoms with van der Waals surface area (Å²) in [5.41, 5.74) is 0. The Balaban J connectivity index is 1.69. The van der Waals surface area contributed by atoms with E-state index >= 15 is 0 Å². The van der Waals surface area contributed by atoms with Gasteiger partial charge in [-0.25, -0.2) is 13.1 Å². The summed E-state index contributed by atoms with van der Waals surface area (Å²) in [4.78, 5) is 2.22. The molecule has 0 amide bonds. The van der Waals surface area contributed by atoms with Crippen molar-refractivity contribution in [1.29, 1.82) is 0 Å². The Hall–Kier alpha value is -0.170. The molecule has 0 bridgehead atoms. The summed E-state index contributed by atoms with van der Waals surface area (Å²) >= 11 is 0. The van der Waals surface area contributed by atoms with Crippen molar-refractivity contribution in [2.24, 2.45) is 11.8 Å². The third-order valence-corrected chi connectivity index (χ3v) is 5.82. The molecule has 0 aromatic rings. The molecule has 2 unspecified atom stereocenters. The van der Waals surface area contributed by atoms with Gasteiger partial charge in [0.05, 0.1) is 5.75 Å². The standard InChI is InChI=1S/C13H27N3O2S/c1-12-3-2-4-13(12)11-15-19(17,18)10-9-16-7-5-14-6-8-16/h12-15H,2-11H2,1H3. The van der Waals surface area contributed by atoms with Crippen LogP contribution in [0.3, 0.4) is 0 Å². The van der Waals surface area contributed by atoms with Gasteiger partial charge in [0.25, 0.3) is 0 Å². The first-order chi connectivity index (χ1) is 9.07. The van der Waals surface area contributed by atoms with E-state index in [0.29, 0.717) is 24.9 Å². The van der Waals surface area contributed by atoms with Crippen LogP contribution in [0, 0.1) is 11.8 Å². The lowest BCUT2D eigenvalue weighted by atomic mass is 9.99. The maximum atomic E-state index is 12.0. The van der Waals surface area contributed by atoms with Crippen LogP contribution in [0.25, 0.3) is 0 Å². The van der Waals surface area contributed by atoms with Gasteiger partial charge in [0, 0.05) is 39.3 Å². The Morgan fingerprint density at radius 1 is 1.26 bits per heavy atom. The second-order valence-electron chi connectivity index (χ2n) is 5.93. The molecule has 0 aromatic heterocycles. The van der Waals surface area contributed by atoms with Crippen LogP contribution < -0.4 is 10.0 Å². The van der Waals surface area contributed by atoms with Crippen LogP contribution in [-0.2, 0) is 10.0 Å². The third-order valence-electron chi connectivity index (χ3n) is 4.49. The number of rotatable bonds is 6. The van der Waals surface area contributed by atoms with Crippen LogP contribution in [0.4, 0.5) is 0 Å². The maximum Gasteiger partial charge on any atom is 0.212 e. The number of nitrogens with one attached hydrogen (secondary N) is 2. The zero-order valence-corrected chi connectivity index (χ0v) is 12.7. The van der Waals surface area contributed by atoms with E-state index in [1.165, 1.54) is 19.3 Å². The second-order valence-corrected chi connectivity index (χ2v) is 7.85. The molecular weight excluding hydrogens is 262 g/mol. The second kappa shape index (κ2) is 7.02. The Morgan fingerprint density at radius 2 is 2.00 bits per heavy atom. The number of nitrogens with zero attached hydrogens (tertiary/aromatic N) is 1. The van der Waals surface area contributed by atoms with Crippen molar-refractivity contribution in [3.63, 3.8) is 0 Å². The SMILES string of the molecule is CC1CCCC1CNS(=O)(=O)CCN1CCNCC1. The molecule has 1 saturated heterocycles. The summed E-state index contributed by atoms with van der Waals surface area (Å²) in [7, 11) is -3.10. The van der Waals surface area contributed by atoms with E-state index < -0.39 is 10.0 Å². The molecule has 6 heteroatoms. The monoisotopic (exact) mass is 289 g/mol. The van der Waals surface area contributed by atoms with Crippen LogP contribution in [0.2, 0.25) is 0 Å². The molecule has 5 nitrogen and oxygen atoms in total. The summed E-state index contributed by atoms with van der Waals surface area (Å²) < 4.78 is 26.8. The van der Waals surface area contributed by atoms with Crippen molar-refractivity contribution in [2.45, 2.75) is 26.2 Å². The predicted octanol–water partition coefficient (Wildman–Crippen LogP) is 0.247. The van der Waals surface area contributed by atoms with Gasteiger partial charge < -0.3 is 5.32 Å². The molecule has 2 fully saturated rings. The molecule has 0 radical (unpaired) electrons. The van der Waals surface area contributed by atoms with Crippen molar-refractivity contribution < 1.29 is 8.42 Å². The fraction of sp³-hybridized carbons (Fsp3) is 1.00. The van der Waals surface area contributed by atoms with E-state index in [1.54, 1.807) is 0 Å². The van der Waals surface area contributed by atoms with E-state index in [2.05, 4.69) is 21.9 Å². The van der Waals surface area contributed by atoms with Crippen molar-refractivity contribution in [3.8, 4) is 0 Å². The maximum absolute atomic E-state index is 12.0. The molecule has 0 spiro atoms. The van der Waals surface area contributed by atoms with Crippen LogP contribution in [0.5, 0.6) is 0 Å². The molecule has 2 atom stereocenters. The summed E-state index contributed by atoms with van der Waals surface area (Å²) in [6, 6.07) is 0. The minimum atomic E-state index is -3.10. The van der Waals surface area contributed by atoms with Gasteiger partial charge in [0.1, 0.15) is 0 Å². The van der Waals surface area contributed by atoms with Crippen LogP contribution >= 0.6 is 0 Å². The minimum absolute atomic E-state index is 0.230. The lowest BCUT2D eigenvalue weighted by Gasteiger charge is -2.27. The van der Waals surface area contributed by atoms with Crippen LogP contribution in [-0.4, -0.2) is 58.3 Å². The average Bonchev–Trinajstić information content (AvgIpc) is 2.81. The molecule has 2 N–H and O–H groups in total. The third kappa shape index (κ3) is 5.02. The van der Waals surface area contributed by atoms with Gasteiger partial charge in [-0.3, -0.25) is 4.90 Å². The predicted molar refractivity (Wildman–Crippen MR) is 77.6 cm³/mol. The van der Waals surface area contributed by atoms with Crippen LogP contribution in [0.1, 0.15) is 26.2 Å². The molecule has 1 aliphatic heterocycles. The van der Waals surface area contributed by atoms with Gasteiger partial charge in [-0.15, -0.1) is 0 Å². The summed E-state index contributed by atoms with van der Waals surface area (Å²) in [6.07, 6.45) is 3.66. The summed E-state index contributed by atoms with van der Waals surface area (Å²) in [5.74, 6) is 1.43. The number of hydrogen-bond donors (Lipinski definition) is 2. The number of piperazine rings is 1. The fourth-order valence-corrected chi connectivity index (χ4v) is 4.13. The first-order valence-electron chi connectivity index (χ1n) is 7.47. The molecule has 1 heterocycles. The van der Waals surface area contributed by atoms with Crippen molar-refractivity contribution in [3.05, 3.63) is 0 Å². The molecular formula is C13H27N3O2S. The van der Waals surface area contributed by atoms with Gasteiger partial charge in [-0.1, -0.05) is 19.8 Å². The topological polar surface area (TPSA) is 61.4 Å². The molecule has 0 aromatic carbocycles. The smallest absolute Gasteiger partial charge is 0.212 e. The van der Waals surface area contributed by atoms with Crippen molar-refractivity contribution in [2.75, 3.05) is 45.0 Å². The highest BCUT2D eigenvalue weighted by atomic mass is 32.2. The molecule has 1 saturated carbocycles.